The van der Waals surface area contributed by atoms with Gasteiger partial charge in [0.15, 0.2) is 0 Å². The normalized spacial score (nSPS) is 20.6. The highest BCUT2D eigenvalue weighted by Gasteiger charge is 2.31. The number of rotatable bonds is 5. The van der Waals surface area contributed by atoms with Gasteiger partial charge in [-0.15, -0.1) is 0 Å². The van der Waals surface area contributed by atoms with E-state index in [9.17, 15) is 14.7 Å². The first-order valence-corrected chi connectivity index (χ1v) is 9.41. The molecule has 1 aliphatic heterocycles. The summed E-state index contributed by atoms with van der Waals surface area (Å²) in [6.07, 6.45) is 0.655. The Morgan fingerprint density at radius 1 is 1.33 bits per heavy atom. The fourth-order valence-corrected chi connectivity index (χ4v) is 3.64. The van der Waals surface area contributed by atoms with Gasteiger partial charge in [0.05, 0.1) is 18.7 Å². The number of aromatic nitrogens is 1. The quantitative estimate of drug-likeness (QED) is 0.730. The first-order valence-electron chi connectivity index (χ1n) is 9.41. The molecule has 7 nitrogen and oxygen atoms in total. The van der Waals surface area contributed by atoms with Crippen LogP contribution in [0.1, 0.15) is 29.4 Å². The van der Waals surface area contributed by atoms with E-state index in [1.54, 1.807) is 19.0 Å². The zero-order valence-corrected chi connectivity index (χ0v) is 16.2. The molecule has 1 aliphatic rings. The smallest absolute Gasteiger partial charge is 0.268 e. The van der Waals surface area contributed by atoms with Crippen molar-refractivity contribution in [1.82, 2.24) is 20.1 Å². The molecule has 0 aliphatic carbocycles. The summed E-state index contributed by atoms with van der Waals surface area (Å²) in [5, 5.41) is 14.5. The van der Waals surface area contributed by atoms with Crippen LogP contribution in [-0.4, -0.2) is 77.6 Å². The number of H-pyrrole nitrogens is 1. The number of hydrogen-bond donors (Lipinski definition) is 3. The number of hydrogen-bond acceptors (Lipinski definition) is 4. The van der Waals surface area contributed by atoms with Crippen LogP contribution in [-0.2, 0) is 11.2 Å². The molecule has 3 rings (SSSR count). The number of carbonyl (C=O) groups excluding carboxylic acids is 2. The van der Waals surface area contributed by atoms with Gasteiger partial charge in [-0.1, -0.05) is 25.1 Å². The number of para-hydroxylation sites is 1. The van der Waals surface area contributed by atoms with Crippen LogP contribution in [0.5, 0.6) is 0 Å². The Balaban J connectivity index is 1.66. The van der Waals surface area contributed by atoms with Crippen molar-refractivity contribution in [1.29, 1.82) is 0 Å². The molecule has 7 heteroatoms. The van der Waals surface area contributed by atoms with Gasteiger partial charge in [-0.25, -0.2) is 0 Å². The number of aryl methyl sites for hydroxylation is 1. The molecule has 2 amide bonds. The Labute approximate surface area is 159 Å². The molecule has 0 bridgehead atoms. The Morgan fingerprint density at radius 3 is 2.74 bits per heavy atom. The highest BCUT2D eigenvalue weighted by Crippen LogP contribution is 2.23. The van der Waals surface area contributed by atoms with E-state index in [-0.39, 0.29) is 24.4 Å². The lowest BCUT2D eigenvalue weighted by Gasteiger charge is -2.36. The van der Waals surface area contributed by atoms with E-state index in [0.29, 0.717) is 25.2 Å². The third kappa shape index (κ3) is 4.14. The minimum Gasteiger partial charge on any atom is -0.390 e. The van der Waals surface area contributed by atoms with Crippen LogP contribution in [0.2, 0.25) is 0 Å². The van der Waals surface area contributed by atoms with Crippen LogP contribution >= 0.6 is 0 Å². The zero-order valence-electron chi connectivity index (χ0n) is 16.2. The van der Waals surface area contributed by atoms with Gasteiger partial charge >= 0.3 is 0 Å². The van der Waals surface area contributed by atoms with Crippen molar-refractivity contribution in [2.24, 2.45) is 0 Å². The van der Waals surface area contributed by atoms with Gasteiger partial charge in [0, 0.05) is 38.1 Å². The van der Waals surface area contributed by atoms with Gasteiger partial charge in [0.1, 0.15) is 5.69 Å². The number of aromatic amines is 1. The first-order chi connectivity index (χ1) is 12.9. The van der Waals surface area contributed by atoms with Crippen LogP contribution in [0.3, 0.4) is 0 Å². The van der Waals surface area contributed by atoms with Gasteiger partial charge in [-0.05, 0) is 24.5 Å². The maximum absolute atomic E-state index is 12.8. The largest absolute Gasteiger partial charge is 0.390 e. The maximum Gasteiger partial charge on any atom is 0.268 e. The molecule has 0 saturated carbocycles. The number of benzene rings is 1. The van der Waals surface area contributed by atoms with Crippen molar-refractivity contribution >= 4 is 22.7 Å². The molecule has 0 spiro atoms. The van der Waals surface area contributed by atoms with Crippen molar-refractivity contribution in [2.75, 3.05) is 33.7 Å². The van der Waals surface area contributed by atoms with Crippen LogP contribution in [0, 0.1) is 0 Å². The Morgan fingerprint density at radius 2 is 2.07 bits per heavy atom. The zero-order chi connectivity index (χ0) is 19.6. The van der Waals surface area contributed by atoms with Crippen molar-refractivity contribution in [2.45, 2.75) is 31.9 Å². The molecule has 1 aromatic carbocycles. The van der Waals surface area contributed by atoms with E-state index in [4.69, 9.17) is 0 Å². The Hall–Kier alpha value is -2.38. The summed E-state index contributed by atoms with van der Waals surface area (Å²) in [7, 11) is 3.44. The van der Waals surface area contributed by atoms with Crippen molar-refractivity contribution in [3.05, 3.63) is 35.5 Å². The number of piperidine rings is 1. The number of carbonyl (C=O) groups is 2. The lowest BCUT2D eigenvalue weighted by Crippen LogP contribution is -2.55. The second kappa shape index (κ2) is 8.10. The van der Waals surface area contributed by atoms with Crippen LogP contribution in [0.4, 0.5) is 0 Å². The molecule has 2 atom stereocenters. The monoisotopic (exact) mass is 372 g/mol. The van der Waals surface area contributed by atoms with Gasteiger partial charge in [-0.2, -0.15) is 0 Å². The second-order valence-electron chi connectivity index (χ2n) is 7.34. The molecular formula is C20H28N4O3. The molecule has 27 heavy (non-hydrogen) atoms. The molecule has 146 valence electrons. The third-order valence-electron chi connectivity index (χ3n) is 5.23. The summed E-state index contributed by atoms with van der Waals surface area (Å²) in [5.41, 5.74) is 2.50. The highest BCUT2D eigenvalue weighted by molar-refractivity contribution is 6.01. The molecular weight excluding hydrogens is 344 g/mol. The van der Waals surface area contributed by atoms with E-state index in [1.165, 1.54) is 0 Å². The van der Waals surface area contributed by atoms with Crippen LogP contribution in [0.25, 0.3) is 10.9 Å². The Kier molecular flexibility index (Phi) is 5.82. The second-order valence-corrected chi connectivity index (χ2v) is 7.34. The summed E-state index contributed by atoms with van der Waals surface area (Å²) in [4.78, 5) is 31.4. The van der Waals surface area contributed by atoms with Crippen molar-refractivity contribution < 1.29 is 14.7 Å². The number of nitrogens with one attached hydrogen (secondary N) is 2. The molecule has 1 fully saturated rings. The molecule has 2 heterocycles. The van der Waals surface area contributed by atoms with Crippen molar-refractivity contribution in [3.8, 4) is 0 Å². The average molecular weight is 372 g/mol. The van der Waals surface area contributed by atoms with Gasteiger partial charge in [0.2, 0.25) is 5.91 Å². The molecule has 1 aromatic heterocycles. The number of β-amino-alcohol motifs (C(OH)–C–C–N with tert-alkyl or cyclic N) is 1. The summed E-state index contributed by atoms with van der Waals surface area (Å²) >= 11 is 0. The van der Waals surface area contributed by atoms with E-state index in [0.717, 1.165) is 22.9 Å². The fraction of sp³-hybridized carbons (Fsp3) is 0.500. The standard InChI is InChI=1S/C20H28N4O3/c1-4-13-14-7-5-6-8-15(14)21-19(13)20(27)22-16-9-10-24(11-17(16)25)12-18(26)23(2)3/h5-8,16-17,21,25H,4,9-12H2,1-3H3,(H,22,27)/t16-,17-/m1/s1. The lowest BCUT2D eigenvalue weighted by molar-refractivity contribution is -0.130. The predicted molar refractivity (Wildman–Crippen MR) is 105 cm³/mol. The topological polar surface area (TPSA) is 88.7 Å². The van der Waals surface area contributed by atoms with E-state index in [2.05, 4.69) is 10.3 Å². The summed E-state index contributed by atoms with van der Waals surface area (Å²) < 4.78 is 0. The highest BCUT2D eigenvalue weighted by atomic mass is 16.3. The van der Waals surface area contributed by atoms with Gasteiger partial charge in [-0.3, -0.25) is 14.5 Å². The minimum absolute atomic E-state index is 0.00958. The first kappa shape index (κ1) is 19.4. The number of likely N-dealkylation sites (N-methyl/N-ethyl adjacent to an activating group) is 1. The molecule has 2 aromatic rings. The van der Waals surface area contributed by atoms with E-state index in [1.807, 2.05) is 36.1 Å². The fourth-order valence-electron chi connectivity index (χ4n) is 3.64. The number of aliphatic hydroxyl groups excluding tert-OH is 1. The molecule has 3 N–H and O–H groups in total. The minimum atomic E-state index is -0.702. The number of amides is 2. The Bertz CT molecular complexity index is 830. The number of fused-ring (bicyclic) bond motifs is 1. The molecule has 1 saturated heterocycles. The summed E-state index contributed by atoms with van der Waals surface area (Å²) in [6.45, 7) is 3.35. The number of aliphatic hydroxyl groups is 1. The SMILES string of the molecule is CCc1c(C(=O)N[C@@H]2CCN(CC(=O)N(C)C)C[C@H]2O)[nH]c2ccccc12. The van der Waals surface area contributed by atoms with Gasteiger partial charge < -0.3 is 20.3 Å². The maximum atomic E-state index is 12.8. The van der Waals surface area contributed by atoms with E-state index < -0.39 is 6.10 Å². The average Bonchev–Trinajstić information content (AvgIpc) is 3.02. The van der Waals surface area contributed by atoms with Crippen LogP contribution in [0.15, 0.2) is 24.3 Å². The van der Waals surface area contributed by atoms with E-state index >= 15 is 0 Å². The van der Waals surface area contributed by atoms with Gasteiger partial charge in [0.25, 0.3) is 5.91 Å². The predicted octanol–water partition coefficient (Wildman–Crippen LogP) is 0.984. The molecule has 0 unspecified atom stereocenters. The molecule has 0 radical (unpaired) electrons. The summed E-state index contributed by atoms with van der Waals surface area (Å²) in [5.74, 6) is -0.180. The van der Waals surface area contributed by atoms with Crippen LogP contribution < -0.4 is 5.32 Å². The lowest BCUT2D eigenvalue weighted by atomic mass is 10.0. The van der Waals surface area contributed by atoms with Crippen molar-refractivity contribution in [3.63, 3.8) is 0 Å². The number of likely N-dealkylation sites (tertiary alicyclic amines) is 1. The summed E-state index contributed by atoms with van der Waals surface area (Å²) in [6, 6.07) is 7.55. The number of nitrogens with zero attached hydrogens (tertiary/aromatic N) is 2. The third-order valence-corrected chi connectivity index (χ3v) is 5.23.